The Balaban J connectivity index is 1.65. The van der Waals surface area contributed by atoms with Gasteiger partial charge in [0.2, 0.25) is 0 Å². The predicted octanol–water partition coefficient (Wildman–Crippen LogP) is 3.35. The second-order valence-electron chi connectivity index (χ2n) is 7.66. The third-order valence-corrected chi connectivity index (χ3v) is 7.96. The van der Waals surface area contributed by atoms with Crippen molar-refractivity contribution < 1.29 is 0 Å². The molecule has 0 aromatic rings. The van der Waals surface area contributed by atoms with Crippen LogP contribution in [0.1, 0.15) is 25.7 Å². The van der Waals surface area contributed by atoms with Crippen molar-refractivity contribution in [1.82, 2.24) is 0 Å². The van der Waals surface area contributed by atoms with Crippen molar-refractivity contribution in [3.8, 4) is 0 Å². The monoisotopic (exact) mass is 212 g/mol. The maximum absolute atomic E-state index is 2.67. The first-order valence-electron chi connectivity index (χ1n) is 7.63. The van der Waals surface area contributed by atoms with Crippen LogP contribution in [0.15, 0.2) is 12.2 Å². The molecular formula is C16H20. The predicted molar refractivity (Wildman–Crippen MR) is 62.5 cm³/mol. The summed E-state index contributed by atoms with van der Waals surface area (Å²) >= 11 is 0. The molecule has 0 heterocycles. The van der Waals surface area contributed by atoms with Crippen LogP contribution in [-0.2, 0) is 0 Å². The molecule has 0 nitrogen and oxygen atoms in total. The Labute approximate surface area is 97.5 Å². The first kappa shape index (κ1) is 7.95. The topological polar surface area (TPSA) is 0 Å². The molecule has 6 aliphatic rings. The van der Waals surface area contributed by atoms with Crippen LogP contribution in [0.5, 0.6) is 0 Å². The minimum Gasteiger partial charge on any atom is -0.0845 e. The second kappa shape index (κ2) is 2.18. The highest BCUT2D eigenvalue weighted by Crippen LogP contribution is 2.78. The fraction of sp³-hybridized carbons (Fsp3) is 0.875. The fourth-order valence-electron chi connectivity index (χ4n) is 8.12. The van der Waals surface area contributed by atoms with Crippen molar-refractivity contribution in [3.05, 3.63) is 12.2 Å². The van der Waals surface area contributed by atoms with Gasteiger partial charge in [0, 0.05) is 0 Å². The molecule has 0 heteroatoms. The van der Waals surface area contributed by atoms with Crippen molar-refractivity contribution >= 4 is 0 Å². The summed E-state index contributed by atoms with van der Waals surface area (Å²) < 4.78 is 0. The van der Waals surface area contributed by atoms with E-state index < -0.39 is 0 Å². The molecule has 0 bridgehead atoms. The molecule has 5 saturated carbocycles. The molecule has 6 rings (SSSR count). The summed E-state index contributed by atoms with van der Waals surface area (Å²) in [5.41, 5.74) is 0. The van der Waals surface area contributed by atoms with Gasteiger partial charge in [0.05, 0.1) is 0 Å². The van der Waals surface area contributed by atoms with E-state index in [1.165, 1.54) is 29.6 Å². The molecule has 0 saturated heterocycles. The molecule has 10 atom stereocenters. The molecule has 5 fully saturated rings. The van der Waals surface area contributed by atoms with Crippen molar-refractivity contribution in [1.29, 1.82) is 0 Å². The highest BCUT2D eigenvalue weighted by Gasteiger charge is 2.73. The average Bonchev–Trinajstić information content (AvgIpc) is 2.97. The summed E-state index contributed by atoms with van der Waals surface area (Å²) in [6.07, 6.45) is 11.8. The zero-order chi connectivity index (χ0) is 10.0. The lowest BCUT2D eigenvalue weighted by atomic mass is 9.84. The zero-order valence-electron chi connectivity index (χ0n) is 9.76. The van der Waals surface area contributed by atoms with E-state index in [4.69, 9.17) is 0 Å². The van der Waals surface area contributed by atoms with Gasteiger partial charge in [-0.05, 0) is 84.9 Å². The lowest BCUT2D eigenvalue weighted by Gasteiger charge is -2.20. The van der Waals surface area contributed by atoms with Crippen LogP contribution < -0.4 is 0 Å². The first-order valence-corrected chi connectivity index (χ1v) is 7.63. The van der Waals surface area contributed by atoms with Crippen LogP contribution >= 0.6 is 0 Å². The minimum absolute atomic E-state index is 1.05. The van der Waals surface area contributed by atoms with Gasteiger partial charge >= 0.3 is 0 Å². The highest BCUT2D eigenvalue weighted by atomic mass is 14.8. The third kappa shape index (κ3) is 0.567. The van der Waals surface area contributed by atoms with Crippen LogP contribution in [0, 0.1) is 59.2 Å². The quantitative estimate of drug-likeness (QED) is 0.540. The van der Waals surface area contributed by atoms with E-state index in [0.29, 0.717) is 0 Å². The molecule has 2 unspecified atom stereocenters. The van der Waals surface area contributed by atoms with Crippen LogP contribution in [-0.4, -0.2) is 0 Å². The van der Waals surface area contributed by atoms with E-state index in [1.807, 2.05) is 0 Å². The molecule has 0 spiro atoms. The van der Waals surface area contributed by atoms with Gasteiger partial charge in [0.1, 0.15) is 0 Å². The van der Waals surface area contributed by atoms with Crippen molar-refractivity contribution in [2.45, 2.75) is 25.7 Å². The van der Waals surface area contributed by atoms with E-state index in [2.05, 4.69) is 12.2 Å². The van der Waals surface area contributed by atoms with E-state index in [9.17, 15) is 0 Å². The van der Waals surface area contributed by atoms with Gasteiger partial charge in [-0.3, -0.25) is 0 Å². The van der Waals surface area contributed by atoms with E-state index in [1.54, 1.807) is 25.7 Å². The fourth-order valence-corrected chi connectivity index (χ4v) is 8.12. The third-order valence-electron chi connectivity index (χ3n) is 7.96. The number of hydrogen-bond acceptors (Lipinski definition) is 0. The normalized spacial score (nSPS) is 75.5. The molecule has 0 aromatic carbocycles. The zero-order valence-corrected chi connectivity index (χ0v) is 9.76. The van der Waals surface area contributed by atoms with Crippen LogP contribution in [0.2, 0.25) is 0 Å². The van der Waals surface area contributed by atoms with Gasteiger partial charge in [-0.1, -0.05) is 12.2 Å². The minimum atomic E-state index is 1.05. The molecular weight excluding hydrogens is 192 g/mol. The first-order chi connectivity index (χ1) is 7.95. The van der Waals surface area contributed by atoms with Gasteiger partial charge < -0.3 is 0 Å². The molecule has 6 aliphatic carbocycles. The van der Waals surface area contributed by atoms with Crippen LogP contribution in [0.4, 0.5) is 0 Å². The Morgan fingerprint density at radius 1 is 0.500 bits per heavy atom. The Hall–Kier alpha value is -0.260. The Morgan fingerprint density at radius 3 is 1.56 bits per heavy atom. The van der Waals surface area contributed by atoms with E-state index >= 15 is 0 Å². The maximum Gasteiger partial charge on any atom is -0.0165 e. The second-order valence-corrected chi connectivity index (χ2v) is 7.66. The van der Waals surface area contributed by atoms with Gasteiger partial charge in [-0.15, -0.1) is 0 Å². The van der Waals surface area contributed by atoms with Gasteiger partial charge in [0.25, 0.3) is 0 Å². The maximum atomic E-state index is 2.67. The summed E-state index contributed by atoms with van der Waals surface area (Å²) in [6.45, 7) is 0. The number of allylic oxidation sites excluding steroid dienone is 2. The molecule has 16 heavy (non-hydrogen) atoms. The highest BCUT2D eigenvalue weighted by molar-refractivity contribution is 5.28. The number of rotatable bonds is 0. The Bertz CT molecular complexity index is 372. The SMILES string of the molecule is C1=C[C@H]2C3C4[C@@H]5[C@@H](CC[C@@H]52)[C@H]2CC[C@H]([C@@H]42)[C@@H]13. The number of hydrogen-bond donors (Lipinski definition) is 0. The van der Waals surface area contributed by atoms with Crippen molar-refractivity contribution in [3.63, 3.8) is 0 Å². The van der Waals surface area contributed by atoms with Gasteiger partial charge in [-0.25, -0.2) is 0 Å². The lowest BCUT2D eigenvalue weighted by molar-refractivity contribution is 0.300. The smallest absolute Gasteiger partial charge is 0.0165 e. The Kier molecular flexibility index (Phi) is 1.08. The number of fused-ring (bicyclic) bond motifs is 3. The van der Waals surface area contributed by atoms with Crippen molar-refractivity contribution in [2.24, 2.45) is 59.2 Å². The van der Waals surface area contributed by atoms with E-state index in [0.717, 1.165) is 29.6 Å². The molecule has 0 radical (unpaired) electrons. The Morgan fingerprint density at radius 2 is 1.00 bits per heavy atom. The molecule has 0 amide bonds. The average molecular weight is 212 g/mol. The van der Waals surface area contributed by atoms with Gasteiger partial charge in [0.15, 0.2) is 0 Å². The lowest BCUT2D eigenvalue weighted by Crippen LogP contribution is -2.15. The van der Waals surface area contributed by atoms with Crippen LogP contribution in [0.3, 0.4) is 0 Å². The van der Waals surface area contributed by atoms with Gasteiger partial charge in [-0.2, -0.15) is 0 Å². The summed E-state index contributed by atoms with van der Waals surface area (Å²) in [4.78, 5) is 0. The molecule has 0 N–H and O–H groups in total. The summed E-state index contributed by atoms with van der Waals surface area (Å²) in [5.74, 6) is 11.6. The summed E-state index contributed by atoms with van der Waals surface area (Å²) in [6, 6.07) is 0. The molecule has 0 aromatic heterocycles. The molecule has 84 valence electrons. The summed E-state index contributed by atoms with van der Waals surface area (Å²) in [7, 11) is 0. The van der Waals surface area contributed by atoms with Crippen molar-refractivity contribution in [2.75, 3.05) is 0 Å². The molecule has 0 aliphatic heterocycles. The standard InChI is InChI=1S/C16H20/c1-2-8-10-5-6-12-11-4-3-9-7(1)13(8)16(14(9)11)15(10)12/h1-2,7-16H,3-6H2/t7-,8-,9-,10+,11+,12-,13?,14+,15-,16?/m1/s1. The van der Waals surface area contributed by atoms with Crippen LogP contribution in [0.25, 0.3) is 0 Å². The van der Waals surface area contributed by atoms with E-state index in [-0.39, 0.29) is 0 Å². The summed E-state index contributed by atoms with van der Waals surface area (Å²) in [5, 5.41) is 0. The largest absolute Gasteiger partial charge is 0.0845 e.